The van der Waals surface area contributed by atoms with Crippen LogP contribution >= 0.6 is 0 Å². The standard InChI is InChI=1S/C30H43N5O10/c1-13-32-34-25(35-33-13)15-10-8-14(9-11-15)12-31-26(40)21-16(29(2,3)4)17(36)20(39)28(44-21)45-22-18(37)19(38)24(30(5,6)7)43-23(22)27(41)42/h8-11,16-24,28,36-39H,12H2,1-7H3,(H,31,40)(H,41,42)/t16-,17+,18-,19?,20?,21?,22-,23?,24+,28-/m0/s1. The minimum Gasteiger partial charge on any atom is -0.479 e. The Morgan fingerprint density at radius 3 is 1.96 bits per heavy atom. The summed E-state index contributed by atoms with van der Waals surface area (Å²) in [5, 5.41) is 72.4. The van der Waals surface area contributed by atoms with Gasteiger partial charge in [0.1, 0.15) is 30.5 Å². The zero-order valence-corrected chi connectivity index (χ0v) is 26.4. The van der Waals surface area contributed by atoms with Gasteiger partial charge in [-0.15, -0.1) is 20.4 Å². The maximum Gasteiger partial charge on any atom is 0.335 e. The average Bonchev–Trinajstić information content (AvgIpc) is 2.95. The summed E-state index contributed by atoms with van der Waals surface area (Å²) in [6.45, 7) is 12.2. The van der Waals surface area contributed by atoms with E-state index in [9.17, 15) is 35.1 Å². The highest BCUT2D eigenvalue weighted by atomic mass is 16.7. The van der Waals surface area contributed by atoms with E-state index in [2.05, 4.69) is 25.7 Å². The van der Waals surface area contributed by atoms with Crippen LogP contribution in [-0.4, -0.2) is 113 Å². The predicted molar refractivity (Wildman–Crippen MR) is 156 cm³/mol. The number of benzene rings is 1. The summed E-state index contributed by atoms with van der Waals surface area (Å²) in [5.74, 6) is -2.21. The molecule has 0 bridgehead atoms. The topological polar surface area (TPSA) is 227 Å². The van der Waals surface area contributed by atoms with E-state index >= 15 is 0 Å². The lowest BCUT2D eigenvalue weighted by Gasteiger charge is -2.50. The zero-order chi connectivity index (χ0) is 33.4. The molecule has 3 heterocycles. The van der Waals surface area contributed by atoms with Crippen molar-refractivity contribution in [2.75, 3.05) is 0 Å². The fraction of sp³-hybridized carbons (Fsp3) is 0.667. The normalized spacial score (nSPS) is 32.6. The van der Waals surface area contributed by atoms with E-state index in [1.54, 1.807) is 72.7 Å². The number of hydrogen-bond acceptors (Lipinski definition) is 13. The van der Waals surface area contributed by atoms with E-state index in [1.807, 2.05) is 0 Å². The molecule has 10 atom stereocenters. The Bertz CT molecular complexity index is 1330. The van der Waals surface area contributed by atoms with Gasteiger partial charge in [0.2, 0.25) is 11.7 Å². The van der Waals surface area contributed by atoms with Crippen molar-refractivity contribution in [1.29, 1.82) is 0 Å². The summed E-state index contributed by atoms with van der Waals surface area (Å²) in [4.78, 5) is 25.7. The molecule has 45 heavy (non-hydrogen) atoms. The first kappa shape index (κ1) is 34.7. The largest absolute Gasteiger partial charge is 0.479 e. The Morgan fingerprint density at radius 2 is 1.42 bits per heavy atom. The van der Waals surface area contributed by atoms with E-state index < -0.39 is 83.7 Å². The summed E-state index contributed by atoms with van der Waals surface area (Å²) in [6, 6.07) is 7.03. The molecule has 1 aromatic carbocycles. The molecule has 15 heteroatoms. The average molecular weight is 634 g/mol. The number of nitrogens with zero attached hydrogens (tertiary/aromatic N) is 4. The van der Waals surface area contributed by atoms with Crippen LogP contribution in [0.5, 0.6) is 0 Å². The number of ether oxygens (including phenoxy) is 3. The molecule has 2 saturated heterocycles. The van der Waals surface area contributed by atoms with Gasteiger partial charge in [0.25, 0.3) is 0 Å². The van der Waals surface area contributed by atoms with Crippen LogP contribution in [-0.2, 0) is 30.3 Å². The minimum absolute atomic E-state index is 0.0852. The van der Waals surface area contributed by atoms with Gasteiger partial charge in [0.15, 0.2) is 18.2 Å². The van der Waals surface area contributed by atoms with Crippen molar-refractivity contribution < 1.29 is 49.3 Å². The number of aromatic nitrogens is 4. The molecule has 2 aromatic rings. The number of nitrogens with one attached hydrogen (secondary N) is 1. The molecule has 1 amide bonds. The summed E-state index contributed by atoms with van der Waals surface area (Å²) in [6.07, 6.45) is -14.1. The number of amides is 1. The lowest BCUT2D eigenvalue weighted by Crippen LogP contribution is -2.67. The van der Waals surface area contributed by atoms with Gasteiger partial charge in [-0.05, 0) is 23.3 Å². The van der Waals surface area contributed by atoms with E-state index in [0.717, 1.165) is 5.56 Å². The number of carboxylic acids is 1. The van der Waals surface area contributed by atoms with Crippen LogP contribution in [0.15, 0.2) is 24.3 Å². The molecule has 0 spiro atoms. The van der Waals surface area contributed by atoms with Crippen molar-refractivity contribution >= 4 is 11.9 Å². The van der Waals surface area contributed by atoms with Crippen molar-refractivity contribution in [1.82, 2.24) is 25.7 Å². The third-order valence-corrected chi connectivity index (χ3v) is 8.10. The van der Waals surface area contributed by atoms with Crippen LogP contribution in [0.4, 0.5) is 0 Å². The van der Waals surface area contributed by atoms with Crippen LogP contribution in [0.3, 0.4) is 0 Å². The lowest BCUT2D eigenvalue weighted by molar-refractivity contribution is -0.336. The molecule has 0 saturated carbocycles. The highest BCUT2D eigenvalue weighted by Gasteiger charge is 2.56. The second-order valence-electron chi connectivity index (χ2n) is 13.7. The first-order chi connectivity index (χ1) is 20.9. The molecule has 248 valence electrons. The Hall–Kier alpha value is -3.18. The summed E-state index contributed by atoms with van der Waals surface area (Å²) < 4.78 is 17.3. The maximum absolute atomic E-state index is 13.6. The number of rotatable bonds is 7. The number of aryl methyl sites for hydroxylation is 1. The number of aliphatic hydroxyl groups excluding tert-OH is 4. The van der Waals surface area contributed by atoms with Crippen LogP contribution in [0, 0.1) is 23.7 Å². The summed E-state index contributed by atoms with van der Waals surface area (Å²) >= 11 is 0. The molecular formula is C30H43N5O10. The first-order valence-corrected chi connectivity index (χ1v) is 14.7. The third kappa shape index (κ3) is 7.62. The van der Waals surface area contributed by atoms with Gasteiger partial charge in [0, 0.05) is 18.0 Å². The molecular weight excluding hydrogens is 590 g/mol. The zero-order valence-electron chi connectivity index (χ0n) is 26.4. The number of carboxylic acid groups (broad SMARTS) is 1. The first-order valence-electron chi connectivity index (χ1n) is 14.7. The second-order valence-corrected chi connectivity index (χ2v) is 13.7. The van der Waals surface area contributed by atoms with Crippen molar-refractivity contribution in [3.8, 4) is 11.4 Å². The van der Waals surface area contributed by atoms with Gasteiger partial charge >= 0.3 is 5.97 Å². The van der Waals surface area contributed by atoms with Gasteiger partial charge in [-0.25, -0.2) is 4.79 Å². The number of aliphatic carboxylic acids is 1. The quantitative estimate of drug-likeness (QED) is 0.236. The van der Waals surface area contributed by atoms with E-state index in [1.165, 1.54) is 0 Å². The highest BCUT2D eigenvalue weighted by molar-refractivity contribution is 5.81. The van der Waals surface area contributed by atoms with Crippen LogP contribution in [0.2, 0.25) is 0 Å². The molecule has 4 unspecified atom stereocenters. The van der Waals surface area contributed by atoms with Gasteiger partial charge < -0.3 is 45.1 Å². The molecule has 15 nitrogen and oxygen atoms in total. The Labute approximate surface area is 261 Å². The summed E-state index contributed by atoms with van der Waals surface area (Å²) in [5.41, 5.74) is -0.0651. The van der Waals surface area contributed by atoms with Crippen LogP contribution < -0.4 is 5.32 Å². The lowest BCUT2D eigenvalue weighted by atomic mass is 9.71. The monoisotopic (exact) mass is 633 g/mol. The molecule has 0 radical (unpaired) electrons. The number of aliphatic hydroxyl groups is 4. The smallest absolute Gasteiger partial charge is 0.335 e. The van der Waals surface area contributed by atoms with Gasteiger partial charge in [-0.1, -0.05) is 65.8 Å². The third-order valence-electron chi connectivity index (χ3n) is 8.10. The van der Waals surface area contributed by atoms with Crippen molar-refractivity contribution in [2.45, 2.75) is 110 Å². The van der Waals surface area contributed by atoms with Gasteiger partial charge in [-0.2, -0.15) is 0 Å². The Kier molecular flexibility index (Phi) is 10.2. The fourth-order valence-corrected chi connectivity index (χ4v) is 5.71. The number of carbonyl (C=O) groups is 2. The van der Waals surface area contributed by atoms with Gasteiger partial charge in [0.05, 0.1) is 12.2 Å². The molecule has 2 aliphatic heterocycles. The van der Waals surface area contributed by atoms with Crippen molar-refractivity contribution in [3.05, 3.63) is 35.7 Å². The number of hydrogen-bond donors (Lipinski definition) is 6. The Morgan fingerprint density at radius 1 is 0.822 bits per heavy atom. The molecule has 0 aliphatic carbocycles. The molecule has 4 rings (SSSR count). The SMILES string of the molecule is Cc1nnc(-c2ccc(CNC(=O)C3O[C@@H](O[C@@H]4C(C(=O)O)O[C@@H](C(C)(C)C)C(O)[C@@H]4O)C(O)[C@H](O)[C@@H]3C(C)(C)C)cc2)nn1. The maximum atomic E-state index is 13.6. The second kappa shape index (κ2) is 13.3. The summed E-state index contributed by atoms with van der Waals surface area (Å²) in [7, 11) is 0. The van der Waals surface area contributed by atoms with Crippen LogP contribution in [0.1, 0.15) is 52.9 Å². The Balaban J connectivity index is 1.51. The fourth-order valence-electron chi connectivity index (χ4n) is 5.71. The molecule has 2 aliphatic rings. The molecule has 2 fully saturated rings. The predicted octanol–water partition coefficient (Wildman–Crippen LogP) is -0.0277. The minimum atomic E-state index is -1.75. The van der Waals surface area contributed by atoms with Crippen LogP contribution in [0.25, 0.3) is 11.4 Å². The van der Waals surface area contributed by atoms with Crippen molar-refractivity contribution in [2.24, 2.45) is 16.7 Å². The molecule has 6 N–H and O–H groups in total. The van der Waals surface area contributed by atoms with E-state index in [0.29, 0.717) is 17.2 Å². The van der Waals surface area contributed by atoms with Gasteiger partial charge in [-0.3, -0.25) is 4.79 Å². The van der Waals surface area contributed by atoms with Crippen molar-refractivity contribution in [3.63, 3.8) is 0 Å². The van der Waals surface area contributed by atoms with E-state index in [4.69, 9.17) is 14.2 Å². The number of carbonyl (C=O) groups excluding carboxylic acids is 1. The van der Waals surface area contributed by atoms with E-state index in [-0.39, 0.29) is 6.54 Å². The highest BCUT2D eigenvalue weighted by Crippen LogP contribution is 2.41. The molecule has 1 aromatic heterocycles.